The Morgan fingerprint density at radius 2 is 1.34 bits per heavy atom. The van der Waals surface area contributed by atoms with Gasteiger partial charge in [-0.2, -0.15) is 10.2 Å². The quantitative estimate of drug-likeness (QED) is 0.411. The normalized spacial score (nSPS) is 10.9. The second-order valence-electron chi connectivity index (χ2n) is 6.64. The fourth-order valence-corrected chi connectivity index (χ4v) is 3.37. The standard InChI is InChI=1S/C24H17FN4/c25-19-13-11-18(12-14-19)22-17-28(20-7-3-1-4-8-20)27-24(22)23-15-16-26-29(23)21-9-5-2-6-10-21/h1-17H. The van der Waals surface area contributed by atoms with E-state index < -0.39 is 0 Å². The third kappa shape index (κ3) is 3.23. The van der Waals surface area contributed by atoms with Crippen molar-refractivity contribution in [2.24, 2.45) is 0 Å². The van der Waals surface area contributed by atoms with E-state index in [9.17, 15) is 4.39 Å². The molecule has 0 aliphatic heterocycles. The summed E-state index contributed by atoms with van der Waals surface area (Å²) in [5.74, 6) is -0.264. The van der Waals surface area contributed by atoms with Crippen LogP contribution in [0.3, 0.4) is 0 Å². The zero-order valence-electron chi connectivity index (χ0n) is 15.5. The fourth-order valence-electron chi connectivity index (χ4n) is 3.37. The molecular weight excluding hydrogens is 363 g/mol. The SMILES string of the molecule is Fc1ccc(-c2cn(-c3ccccc3)nc2-c2ccnn2-c2ccccc2)cc1. The van der Waals surface area contributed by atoms with Crippen LogP contribution in [0.2, 0.25) is 0 Å². The Kier molecular flexibility index (Phi) is 4.26. The van der Waals surface area contributed by atoms with E-state index >= 15 is 0 Å². The van der Waals surface area contributed by atoms with Gasteiger partial charge in [-0.15, -0.1) is 0 Å². The number of aromatic nitrogens is 4. The first-order valence-electron chi connectivity index (χ1n) is 9.30. The molecule has 0 N–H and O–H groups in total. The molecule has 29 heavy (non-hydrogen) atoms. The van der Waals surface area contributed by atoms with Crippen LogP contribution in [0.25, 0.3) is 33.9 Å². The Hall–Kier alpha value is -3.99. The molecular formula is C24H17FN4. The summed E-state index contributed by atoms with van der Waals surface area (Å²) in [6.07, 6.45) is 3.73. The lowest BCUT2D eigenvalue weighted by Crippen LogP contribution is -2.00. The van der Waals surface area contributed by atoms with Crippen LogP contribution >= 0.6 is 0 Å². The molecule has 0 saturated heterocycles. The lowest BCUT2D eigenvalue weighted by atomic mass is 10.0. The largest absolute Gasteiger partial charge is 0.240 e. The summed E-state index contributed by atoms with van der Waals surface area (Å²) in [4.78, 5) is 0. The van der Waals surface area contributed by atoms with Crippen LogP contribution in [0.4, 0.5) is 4.39 Å². The molecule has 0 aliphatic carbocycles. The van der Waals surface area contributed by atoms with E-state index in [-0.39, 0.29) is 5.82 Å². The van der Waals surface area contributed by atoms with Crippen LogP contribution in [0.5, 0.6) is 0 Å². The number of hydrogen-bond donors (Lipinski definition) is 0. The highest BCUT2D eigenvalue weighted by Crippen LogP contribution is 2.33. The Balaban J connectivity index is 1.71. The molecule has 5 heteroatoms. The molecule has 4 nitrogen and oxygen atoms in total. The average molecular weight is 380 g/mol. The highest BCUT2D eigenvalue weighted by Gasteiger charge is 2.18. The van der Waals surface area contributed by atoms with Gasteiger partial charge in [-0.3, -0.25) is 0 Å². The van der Waals surface area contributed by atoms with Crippen molar-refractivity contribution < 1.29 is 4.39 Å². The van der Waals surface area contributed by atoms with Gasteiger partial charge in [-0.1, -0.05) is 48.5 Å². The molecule has 0 radical (unpaired) electrons. The van der Waals surface area contributed by atoms with E-state index in [2.05, 4.69) is 5.10 Å². The predicted octanol–water partition coefficient (Wildman–Crippen LogP) is 5.53. The second kappa shape index (κ2) is 7.20. The molecule has 0 aliphatic rings. The Bertz CT molecular complexity index is 1240. The van der Waals surface area contributed by atoms with Gasteiger partial charge in [-0.25, -0.2) is 13.8 Å². The van der Waals surface area contributed by atoms with Crippen LogP contribution in [0, 0.1) is 5.82 Å². The zero-order valence-corrected chi connectivity index (χ0v) is 15.5. The van der Waals surface area contributed by atoms with E-state index in [1.54, 1.807) is 18.3 Å². The van der Waals surface area contributed by atoms with Gasteiger partial charge in [0.25, 0.3) is 0 Å². The van der Waals surface area contributed by atoms with Crippen molar-refractivity contribution in [3.05, 3.63) is 109 Å². The fraction of sp³-hybridized carbons (Fsp3) is 0. The van der Waals surface area contributed by atoms with Crippen LogP contribution in [0.1, 0.15) is 0 Å². The number of rotatable bonds is 4. The maximum Gasteiger partial charge on any atom is 0.123 e. The average Bonchev–Trinajstić information content (AvgIpc) is 3.43. The summed E-state index contributed by atoms with van der Waals surface area (Å²) in [7, 11) is 0. The molecule has 2 heterocycles. The van der Waals surface area contributed by atoms with E-state index in [0.717, 1.165) is 33.9 Å². The van der Waals surface area contributed by atoms with Crippen molar-refractivity contribution in [2.75, 3.05) is 0 Å². The van der Waals surface area contributed by atoms with Gasteiger partial charge in [0.2, 0.25) is 0 Å². The first-order chi connectivity index (χ1) is 14.3. The molecule has 0 unspecified atom stereocenters. The molecule has 140 valence electrons. The summed E-state index contributed by atoms with van der Waals surface area (Å²) < 4.78 is 17.2. The van der Waals surface area contributed by atoms with E-state index in [1.165, 1.54) is 12.1 Å². The smallest absolute Gasteiger partial charge is 0.123 e. The Morgan fingerprint density at radius 3 is 2.03 bits per heavy atom. The number of halogens is 1. The summed E-state index contributed by atoms with van der Waals surface area (Å²) in [5, 5.41) is 9.37. The van der Waals surface area contributed by atoms with Crippen molar-refractivity contribution in [3.8, 4) is 33.9 Å². The van der Waals surface area contributed by atoms with Crippen molar-refractivity contribution in [3.63, 3.8) is 0 Å². The van der Waals surface area contributed by atoms with Crippen molar-refractivity contribution in [1.29, 1.82) is 0 Å². The molecule has 0 fully saturated rings. The van der Waals surface area contributed by atoms with E-state index in [1.807, 2.05) is 82.3 Å². The number of hydrogen-bond acceptors (Lipinski definition) is 2. The van der Waals surface area contributed by atoms with Gasteiger partial charge in [0.15, 0.2) is 0 Å². The van der Waals surface area contributed by atoms with Gasteiger partial charge < -0.3 is 0 Å². The molecule has 0 amide bonds. The summed E-state index contributed by atoms with van der Waals surface area (Å²) >= 11 is 0. The van der Waals surface area contributed by atoms with Crippen molar-refractivity contribution in [1.82, 2.24) is 19.6 Å². The van der Waals surface area contributed by atoms with Crippen LogP contribution in [0.15, 0.2) is 103 Å². The first kappa shape index (κ1) is 17.1. The van der Waals surface area contributed by atoms with Gasteiger partial charge in [-0.05, 0) is 48.0 Å². The van der Waals surface area contributed by atoms with Gasteiger partial charge in [0, 0.05) is 11.8 Å². The highest BCUT2D eigenvalue weighted by atomic mass is 19.1. The van der Waals surface area contributed by atoms with Crippen LogP contribution in [-0.2, 0) is 0 Å². The van der Waals surface area contributed by atoms with Gasteiger partial charge in [0.1, 0.15) is 11.5 Å². The third-order valence-corrected chi connectivity index (χ3v) is 4.78. The molecule has 2 aromatic heterocycles. The minimum atomic E-state index is -0.264. The molecule has 0 saturated carbocycles. The molecule has 0 atom stereocenters. The monoisotopic (exact) mass is 380 g/mol. The molecule has 5 rings (SSSR count). The second-order valence-corrected chi connectivity index (χ2v) is 6.64. The number of para-hydroxylation sites is 2. The minimum Gasteiger partial charge on any atom is -0.240 e. The van der Waals surface area contributed by atoms with Crippen molar-refractivity contribution in [2.45, 2.75) is 0 Å². The lowest BCUT2D eigenvalue weighted by Gasteiger charge is -2.07. The van der Waals surface area contributed by atoms with Crippen LogP contribution in [-0.4, -0.2) is 19.6 Å². The summed E-state index contributed by atoms with van der Waals surface area (Å²) in [5.41, 5.74) is 5.35. The first-order valence-corrected chi connectivity index (χ1v) is 9.30. The maximum absolute atomic E-state index is 13.5. The number of nitrogens with zero attached hydrogens (tertiary/aromatic N) is 4. The van der Waals surface area contributed by atoms with Crippen LogP contribution < -0.4 is 0 Å². The highest BCUT2D eigenvalue weighted by molar-refractivity contribution is 5.80. The Morgan fingerprint density at radius 1 is 0.690 bits per heavy atom. The molecule has 0 spiro atoms. The van der Waals surface area contributed by atoms with Gasteiger partial charge in [0.05, 0.1) is 23.3 Å². The number of benzene rings is 3. The summed E-state index contributed by atoms with van der Waals surface area (Å²) in [6.45, 7) is 0. The third-order valence-electron chi connectivity index (χ3n) is 4.78. The lowest BCUT2D eigenvalue weighted by molar-refractivity contribution is 0.628. The predicted molar refractivity (Wildman–Crippen MR) is 112 cm³/mol. The van der Waals surface area contributed by atoms with Gasteiger partial charge >= 0.3 is 0 Å². The van der Waals surface area contributed by atoms with Crippen molar-refractivity contribution >= 4 is 0 Å². The maximum atomic E-state index is 13.5. The molecule has 5 aromatic rings. The topological polar surface area (TPSA) is 35.6 Å². The minimum absolute atomic E-state index is 0.264. The van der Waals surface area contributed by atoms with E-state index in [0.29, 0.717) is 0 Å². The summed E-state index contributed by atoms with van der Waals surface area (Å²) in [6, 6.07) is 28.3. The molecule has 3 aromatic carbocycles. The van der Waals surface area contributed by atoms with E-state index in [4.69, 9.17) is 5.10 Å². The zero-order chi connectivity index (χ0) is 19.6. The Labute approximate surface area is 167 Å². The molecule has 0 bridgehead atoms.